The summed E-state index contributed by atoms with van der Waals surface area (Å²) in [6.07, 6.45) is 4.58. The Balaban J connectivity index is 2.83. The van der Waals surface area contributed by atoms with Gasteiger partial charge in [0, 0.05) is 12.1 Å². The summed E-state index contributed by atoms with van der Waals surface area (Å²) in [5, 5.41) is 3.01. The summed E-state index contributed by atoms with van der Waals surface area (Å²) in [6.45, 7) is 5.03. The van der Waals surface area contributed by atoms with Gasteiger partial charge in [0.15, 0.2) is 11.5 Å². The quantitative estimate of drug-likeness (QED) is 0.714. The molecule has 1 atom stereocenters. The van der Waals surface area contributed by atoms with Crippen molar-refractivity contribution in [1.29, 1.82) is 0 Å². The summed E-state index contributed by atoms with van der Waals surface area (Å²) >= 11 is 0. The van der Waals surface area contributed by atoms with Crippen molar-refractivity contribution >= 4 is 5.91 Å². The Morgan fingerprint density at radius 3 is 2.13 bits per heavy atom. The summed E-state index contributed by atoms with van der Waals surface area (Å²) in [6, 6.07) is 3.34. The molecule has 0 fully saturated rings. The van der Waals surface area contributed by atoms with E-state index >= 15 is 0 Å². The average Bonchev–Trinajstić information content (AvgIpc) is 2.60. The summed E-state index contributed by atoms with van der Waals surface area (Å²) in [4.78, 5) is 12.4. The smallest absolute Gasteiger partial charge is 0.251 e. The molecule has 0 bridgehead atoms. The molecule has 130 valence electrons. The maximum atomic E-state index is 12.4. The molecule has 0 unspecified atom stereocenters. The van der Waals surface area contributed by atoms with Crippen molar-refractivity contribution in [1.82, 2.24) is 5.32 Å². The topological polar surface area (TPSA) is 56.8 Å². The third kappa shape index (κ3) is 5.34. The minimum Gasteiger partial charge on any atom is -0.493 e. The maximum Gasteiger partial charge on any atom is 0.251 e. The Hall–Kier alpha value is -1.91. The van der Waals surface area contributed by atoms with Crippen molar-refractivity contribution in [3.05, 3.63) is 17.7 Å². The first kappa shape index (κ1) is 19.1. The molecule has 0 radical (unpaired) electrons. The van der Waals surface area contributed by atoms with Gasteiger partial charge in [-0.2, -0.15) is 0 Å². The van der Waals surface area contributed by atoms with Crippen LogP contribution >= 0.6 is 0 Å². The zero-order valence-electron chi connectivity index (χ0n) is 14.9. The maximum absolute atomic E-state index is 12.4. The molecule has 0 aliphatic carbocycles. The Labute approximate surface area is 139 Å². The van der Waals surface area contributed by atoms with Crippen LogP contribution in [0.15, 0.2) is 12.1 Å². The molecule has 0 aromatic heterocycles. The van der Waals surface area contributed by atoms with Gasteiger partial charge in [-0.05, 0) is 24.5 Å². The zero-order valence-corrected chi connectivity index (χ0v) is 14.9. The first-order chi connectivity index (χ1) is 11.1. The Morgan fingerprint density at radius 1 is 1.09 bits per heavy atom. The van der Waals surface area contributed by atoms with Gasteiger partial charge in [-0.15, -0.1) is 0 Å². The third-order valence-corrected chi connectivity index (χ3v) is 4.02. The highest BCUT2D eigenvalue weighted by Crippen LogP contribution is 2.38. The van der Waals surface area contributed by atoms with Gasteiger partial charge in [-0.1, -0.05) is 33.1 Å². The van der Waals surface area contributed by atoms with Crippen LogP contribution in [0.3, 0.4) is 0 Å². The van der Waals surface area contributed by atoms with Crippen LogP contribution in [0.5, 0.6) is 17.2 Å². The molecule has 1 N–H and O–H groups in total. The van der Waals surface area contributed by atoms with Gasteiger partial charge in [0.05, 0.1) is 21.3 Å². The predicted molar refractivity (Wildman–Crippen MR) is 91.7 cm³/mol. The molecule has 5 heteroatoms. The number of nitrogens with one attached hydrogen (secondary N) is 1. The van der Waals surface area contributed by atoms with Gasteiger partial charge in [-0.3, -0.25) is 4.79 Å². The highest BCUT2D eigenvalue weighted by Gasteiger charge is 2.17. The summed E-state index contributed by atoms with van der Waals surface area (Å²) in [7, 11) is 4.62. The molecule has 0 saturated heterocycles. The normalized spacial score (nSPS) is 11.7. The number of benzene rings is 1. The van der Waals surface area contributed by atoms with E-state index in [4.69, 9.17) is 14.2 Å². The summed E-state index contributed by atoms with van der Waals surface area (Å²) < 4.78 is 15.8. The highest BCUT2D eigenvalue weighted by molar-refractivity contribution is 5.95. The van der Waals surface area contributed by atoms with Crippen molar-refractivity contribution < 1.29 is 19.0 Å². The van der Waals surface area contributed by atoms with E-state index in [1.807, 2.05) is 0 Å². The second-order valence-corrected chi connectivity index (χ2v) is 5.54. The molecule has 0 heterocycles. The molecule has 1 aromatic carbocycles. The molecule has 0 aliphatic rings. The molecule has 0 spiro atoms. The third-order valence-electron chi connectivity index (χ3n) is 4.02. The highest BCUT2D eigenvalue weighted by atomic mass is 16.5. The van der Waals surface area contributed by atoms with Gasteiger partial charge in [0.1, 0.15) is 0 Å². The minimum absolute atomic E-state index is 0.126. The van der Waals surface area contributed by atoms with Crippen molar-refractivity contribution in [2.24, 2.45) is 5.92 Å². The Bertz CT molecular complexity index is 477. The molecular weight excluding hydrogens is 294 g/mol. The van der Waals surface area contributed by atoms with Gasteiger partial charge in [0.2, 0.25) is 5.75 Å². The standard InChI is InChI=1S/C18H29NO4/c1-6-8-9-13(7-2)12-19-18(20)14-10-15(21-3)17(23-5)16(11-14)22-4/h10-11,13H,6-9,12H2,1-5H3,(H,19,20)/t13-/m1/s1. The minimum atomic E-state index is -0.126. The monoisotopic (exact) mass is 323 g/mol. The van der Waals surface area contributed by atoms with Gasteiger partial charge in [-0.25, -0.2) is 0 Å². The lowest BCUT2D eigenvalue weighted by molar-refractivity contribution is 0.0945. The Morgan fingerprint density at radius 2 is 1.70 bits per heavy atom. The second-order valence-electron chi connectivity index (χ2n) is 5.54. The van der Waals surface area contributed by atoms with Gasteiger partial charge >= 0.3 is 0 Å². The van der Waals surface area contributed by atoms with E-state index in [1.54, 1.807) is 19.2 Å². The van der Waals surface area contributed by atoms with Crippen LogP contribution in [0, 0.1) is 5.92 Å². The molecule has 1 aromatic rings. The molecular formula is C18H29NO4. The van der Waals surface area contributed by atoms with Crippen molar-refractivity contribution in [3.8, 4) is 17.2 Å². The fourth-order valence-electron chi connectivity index (χ4n) is 2.49. The first-order valence-electron chi connectivity index (χ1n) is 8.19. The largest absolute Gasteiger partial charge is 0.493 e. The van der Waals surface area contributed by atoms with E-state index in [1.165, 1.54) is 27.1 Å². The Kier molecular flexibility index (Phi) is 8.30. The number of methoxy groups -OCH3 is 3. The number of carbonyl (C=O) groups excluding carboxylic acids is 1. The SMILES string of the molecule is CCCC[C@@H](CC)CNC(=O)c1cc(OC)c(OC)c(OC)c1. The van der Waals surface area contributed by atoms with E-state index in [2.05, 4.69) is 19.2 Å². The zero-order chi connectivity index (χ0) is 17.2. The van der Waals surface area contributed by atoms with Gasteiger partial charge in [0.25, 0.3) is 5.91 Å². The molecule has 1 amide bonds. The van der Waals surface area contributed by atoms with Crippen LogP contribution in [0.1, 0.15) is 49.9 Å². The molecule has 0 saturated carbocycles. The number of unbranched alkanes of at least 4 members (excludes halogenated alkanes) is 1. The molecule has 5 nitrogen and oxygen atoms in total. The number of hydrogen-bond donors (Lipinski definition) is 1. The first-order valence-corrected chi connectivity index (χ1v) is 8.19. The van der Waals surface area contributed by atoms with E-state index in [0.29, 0.717) is 35.3 Å². The van der Waals surface area contributed by atoms with Crippen LogP contribution in [-0.2, 0) is 0 Å². The van der Waals surface area contributed by atoms with Crippen LogP contribution < -0.4 is 19.5 Å². The van der Waals surface area contributed by atoms with Crippen molar-refractivity contribution in [2.75, 3.05) is 27.9 Å². The van der Waals surface area contributed by atoms with Crippen molar-refractivity contribution in [3.63, 3.8) is 0 Å². The van der Waals surface area contributed by atoms with E-state index < -0.39 is 0 Å². The second kappa shape index (κ2) is 9.98. The number of ether oxygens (including phenoxy) is 3. The molecule has 23 heavy (non-hydrogen) atoms. The van der Waals surface area contributed by atoms with Crippen LogP contribution in [-0.4, -0.2) is 33.8 Å². The van der Waals surface area contributed by atoms with Crippen LogP contribution in [0.2, 0.25) is 0 Å². The number of rotatable bonds is 10. The lowest BCUT2D eigenvalue weighted by atomic mass is 9.99. The number of amides is 1. The molecule has 1 rings (SSSR count). The number of hydrogen-bond acceptors (Lipinski definition) is 4. The average molecular weight is 323 g/mol. The van der Waals surface area contributed by atoms with E-state index in [0.717, 1.165) is 12.8 Å². The van der Waals surface area contributed by atoms with Crippen LogP contribution in [0.4, 0.5) is 0 Å². The number of carbonyl (C=O) groups is 1. The lowest BCUT2D eigenvalue weighted by Crippen LogP contribution is -2.29. The predicted octanol–water partition coefficient (Wildman–Crippen LogP) is 3.66. The summed E-state index contributed by atoms with van der Waals surface area (Å²) in [5.74, 6) is 1.84. The fourth-order valence-corrected chi connectivity index (χ4v) is 2.49. The van der Waals surface area contributed by atoms with Crippen molar-refractivity contribution in [2.45, 2.75) is 39.5 Å². The lowest BCUT2D eigenvalue weighted by Gasteiger charge is -2.17. The summed E-state index contributed by atoms with van der Waals surface area (Å²) in [5.41, 5.74) is 0.504. The van der Waals surface area contributed by atoms with E-state index in [-0.39, 0.29) is 5.91 Å². The van der Waals surface area contributed by atoms with Gasteiger partial charge < -0.3 is 19.5 Å². The van der Waals surface area contributed by atoms with Crippen LogP contribution in [0.25, 0.3) is 0 Å². The molecule has 0 aliphatic heterocycles. The van der Waals surface area contributed by atoms with E-state index in [9.17, 15) is 4.79 Å². The fraction of sp³-hybridized carbons (Fsp3) is 0.611.